The molecule has 0 aromatic carbocycles. The Bertz CT molecular complexity index is 276. The predicted octanol–water partition coefficient (Wildman–Crippen LogP) is 3.89. The predicted molar refractivity (Wildman–Crippen MR) is 72.4 cm³/mol. The molecule has 0 aliphatic carbocycles. The third-order valence-corrected chi connectivity index (χ3v) is 9.73. The smallest absolute Gasteiger partial charge is 0.0750 e. The first-order chi connectivity index (χ1) is 7.76. The third-order valence-electron chi connectivity index (χ3n) is 4.40. The Hall–Kier alpha value is -0.343. The molecule has 2 heteroatoms. The average Bonchev–Trinajstić information content (AvgIpc) is 2.74. The van der Waals surface area contributed by atoms with Gasteiger partial charge in [-0.1, -0.05) is 43.1 Å². The summed E-state index contributed by atoms with van der Waals surface area (Å²) in [5.74, 6) is 0. The van der Waals surface area contributed by atoms with Gasteiger partial charge in [-0.3, -0.25) is 0 Å². The van der Waals surface area contributed by atoms with Crippen molar-refractivity contribution in [1.82, 2.24) is 0 Å². The minimum atomic E-state index is -0.939. The maximum Gasteiger partial charge on any atom is 0.0750 e. The molecular weight excluding hydrogens is 212 g/mol. The van der Waals surface area contributed by atoms with E-state index in [-0.39, 0.29) is 6.10 Å². The number of aliphatic hydroxyl groups is 1. The van der Waals surface area contributed by atoms with E-state index in [1.54, 1.807) is 0 Å². The summed E-state index contributed by atoms with van der Waals surface area (Å²) in [5.41, 5.74) is 1.38. The van der Waals surface area contributed by atoms with Crippen molar-refractivity contribution in [1.29, 1.82) is 0 Å². The first-order valence-corrected chi connectivity index (χ1v) is 9.56. The average molecular weight is 236 g/mol. The van der Waals surface area contributed by atoms with E-state index in [2.05, 4.69) is 12.7 Å². The van der Waals surface area contributed by atoms with Gasteiger partial charge in [0.15, 0.2) is 0 Å². The van der Waals surface area contributed by atoms with Crippen LogP contribution in [0.25, 0.3) is 0 Å². The van der Waals surface area contributed by atoms with Gasteiger partial charge in [0.1, 0.15) is 0 Å². The second-order valence-corrected chi connectivity index (χ2v) is 10.4. The highest BCUT2D eigenvalue weighted by atomic mass is 28.3. The SMILES string of the molecule is C=CCCC(O)C1=CCC[Si]2(CCCC2)C1. The zero-order chi connectivity index (χ0) is 11.4. The maximum atomic E-state index is 10.2. The Balaban J connectivity index is 1.95. The summed E-state index contributed by atoms with van der Waals surface area (Å²) in [4.78, 5) is 0. The van der Waals surface area contributed by atoms with Crippen molar-refractivity contribution in [2.24, 2.45) is 0 Å². The van der Waals surface area contributed by atoms with Gasteiger partial charge in [0.05, 0.1) is 14.2 Å². The molecule has 2 aliphatic rings. The van der Waals surface area contributed by atoms with Crippen molar-refractivity contribution >= 4 is 8.07 Å². The molecule has 1 N–H and O–H groups in total. The van der Waals surface area contributed by atoms with E-state index in [9.17, 15) is 5.11 Å². The van der Waals surface area contributed by atoms with Gasteiger partial charge in [0, 0.05) is 0 Å². The molecule has 2 aliphatic heterocycles. The van der Waals surface area contributed by atoms with Crippen LogP contribution in [0.2, 0.25) is 24.2 Å². The van der Waals surface area contributed by atoms with Crippen LogP contribution in [0.15, 0.2) is 24.3 Å². The van der Waals surface area contributed by atoms with Gasteiger partial charge >= 0.3 is 0 Å². The van der Waals surface area contributed by atoms with Crippen LogP contribution in [0.3, 0.4) is 0 Å². The molecular formula is C14H24OSi. The van der Waals surface area contributed by atoms with Gasteiger partial charge in [-0.25, -0.2) is 0 Å². The Labute approximate surface area is 100 Å². The molecule has 1 nitrogen and oxygen atoms in total. The quantitative estimate of drug-likeness (QED) is 0.580. The van der Waals surface area contributed by atoms with Crippen LogP contribution in [0.1, 0.15) is 32.1 Å². The standard InChI is InChI=1S/C14H24OSi/c1-2-3-8-14(15)13-7-6-11-16(12-13)9-4-5-10-16/h2,7,14-15H,1,3-6,8-12H2. The number of rotatable bonds is 4. The molecule has 1 atom stereocenters. The van der Waals surface area contributed by atoms with Crippen molar-refractivity contribution in [2.45, 2.75) is 62.4 Å². The van der Waals surface area contributed by atoms with Gasteiger partial charge in [-0.05, 0) is 30.9 Å². The fourth-order valence-corrected chi connectivity index (χ4v) is 8.71. The van der Waals surface area contributed by atoms with E-state index < -0.39 is 8.07 Å². The van der Waals surface area contributed by atoms with E-state index in [1.807, 2.05) is 6.08 Å². The number of hydrogen-bond donors (Lipinski definition) is 1. The normalized spacial score (nSPS) is 25.4. The summed E-state index contributed by atoms with van der Waals surface area (Å²) in [6.45, 7) is 3.73. The van der Waals surface area contributed by atoms with Crippen molar-refractivity contribution in [3.8, 4) is 0 Å². The van der Waals surface area contributed by atoms with Crippen LogP contribution in [0, 0.1) is 0 Å². The second-order valence-electron chi connectivity index (χ2n) is 5.58. The van der Waals surface area contributed by atoms with Gasteiger partial charge in [-0.2, -0.15) is 0 Å². The first kappa shape index (κ1) is 12.1. The van der Waals surface area contributed by atoms with E-state index in [1.165, 1.54) is 49.0 Å². The van der Waals surface area contributed by atoms with Crippen molar-refractivity contribution in [3.63, 3.8) is 0 Å². The Morgan fingerprint density at radius 1 is 1.38 bits per heavy atom. The number of hydrogen-bond acceptors (Lipinski definition) is 1. The van der Waals surface area contributed by atoms with Crippen LogP contribution < -0.4 is 0 Å². The Morgan fingerprint density at radius 2 is 2.12 bits per heavy atom. The zero-order valence-corrected chi connectivity index (χ0v) is 11.3. The fourth-order valence-electron chi connectivity index (χ4n) is 3.42. The highest BCUT2D eigenvalue weighted by Gasteiger charge is 2.38. The van der Waals surface area contributed by atoms with E-state index in [0.717, 1.165) is 12.8 Å². The lowest BCUT2D eigenvalue weighted by molar-refractivity contribution is 0.200. The molecule has 90 valence electrons. The summed E-state index contributed by atoms with van der Waals surface area (Å²) >= 11 is 0. The summed E-state index contributed by atoms with van der Waals surface area (Å²) < 4.78 is 0. The molecule has 0 aromatic heterocycles. The molecule has 2 heterocycles. The van der Waals surface area contributed by atoms with Crippen LogP contribution in [0.5, 0.6) is 0 Å². The molecule has 16 heavy (non-hydrogen) atoms. The fraction of sp³-hybridized carbons (Fsp3) is 0.714. The Morgan fingerprint density at radius 3 is 2.81 bits per heavy atom. The van der Waals surface area contributed by atoms with Crippen LogP contribution >= 0.6 is 0 Å². The molecule has 1 unspecified atom stereocenters. The molecule has 0 saturated carbocycles. The topological polar surface area (TPSA) is 20.2 Å². The molecule has 2 rings (SSSR count). The van der Waals surface area contributed by atoms with E-state index in [0.29, 0.717) is 0 Å². The third kappa shape index (κ3) is 2.66. The van der Waals surface area contributed by atoms with Crippen LogP contribution in [-0.4, -0.2) is 19.3 Å². The van der Waals surface area contributed by atoms with Gasteiger partial charge in [0.25, 0.3) is 0 Å². The van der Waals surface area contributed by atoms with E-state index >= 15 is 0 Å². The summed E-state index contributed by atoms with van der Waals surface area (Å²) in [5, 5.41) is 10.2. The van der Waals surface area contributed by atoms with Crippen molar-refractivity contribution in [3.05, 3.63) is 24.3 Å². The van der Waals surface area contributed by atoms with Crippen LogP contribution in [0.4, 0.5) is 0 Å². The maximum absolute atomic E-state index is 10.2. The first-order valence-electron chi connectivity index (χ1n) is 6.74. The lowest BCUT2D eigenvalue weighted by atomic mass is 10.1. The molecule has 1 saturated heterocycles. The van der Waals surface area contributed by atoms with Crippen LogP contribution in [-0.2, 0) is 0 Å². The molecule has 0 radical (unpaired) electrons. The largest absolute Gasteiger partial charge is 0.389 e. The lowest BCUT2D eigenvalue weighted by Gasteiger charge is -2.33. The number of allylic oxidation sites excluding steroid dienone is 2. The zero-order valence-electron chi connectivity index (χ0n) is 10.3. The Kier molecular flexibility index (Phi) is 4.03. The minimum Gasteiger partial charge on any atom is -0.389 e. The monoisotopic (exact) mass is 236 g/mol. The lowest BCUT2D eigenvalue weighted by Crippen LogP contribution is -2.34. The van der Waals surface area contributed by atoms with Crippen molar-refractivity contribution in [2.75, 3.05) is 0 Å². The summed E-state index contributed by atoms with van der Waals surface area (Å²) in [6, 6.07) is 5.84. The number of aliphatic hydroxyl groups excluding tert-OH is 1. The van der Waals surface area contributed by atoms with Gasteiger partial charge in [-0.15, -0.1) is 6.58 Å². The summed E-state index contributed by atoms with van der Waals surface area (Å²) in [6.07, 6.45) is 10.0. The summed E-state index contributed by atoms with van der Waals surface area (Å²) in [7, 11) is -0.939. The van der Waals surface area contributed by atoms with Gasteiger partial charge in [0.2, 0.25) is 0 Å². The highest BCUT2D eigenvalue weighted by Crippen LogP contribution is 2.43. The van der Waals surface area contributed by atoms with E-state index in [4.69, 9.17) is 0 Å². The molecule has 0 aromatic rings. The molecule has 1 spiro atoms. The molecule has 1 fully saturated rings. The second kappa shape index (κ2) is 5.33. The van der Waals surface area contributed by atoms with Gasteiger partial charge < -0.3 is 5.11 Å². The highest BCUT2D eigenvalue weighted by molar-refractivity contribution is 6.81. The molecule has 0 bridgehead atoms. The molecule has 0 amide bonds. The van der Waals surface area contributed by atoms with Crippen molar-refractivity contribution < 1.29 is 5.11 Å². The minimum absolute atomic E-state index is 0.178.